The van der Waals surface area contributed by atoms with Crippen LogP contribution in [0.4, 0.5) is 0 Å². The summed E-state index contributed by atoms with van der Waals surface area (Å²) >= 11 is 0. The second-order valence-electron chi connectivity index (χ2n) is 3.56. The van der Waals surface area contributed by atoms with Crippen molar-refractivity contribution in [2.45, 2.75) is 6.04 Å². The largest absolute Gasteiger partial charge is 0.378 e. The highest BCUT2D eigenvalue weighted by atomic mass is 16.5. The molecule has 1 atom stereocenters. The summed E-state index contributed by atoms with van der Waals surface area (Å²) in [4.78, 5) is 2.32. The lowest BCUT2D eigenvalue weighted by Gasteiger charge is -2.41. The van der Waals surface area contributed by atoms with Crippen LogP contribution in [0.2, 0.25) is 0 Å². The number of hydrogen-bond acceptors (Lipinski definition) is 4. The molecule has 70 valence electrons. The monoisotopic (exact) mass is 172 g/mol. The molecule has 1 unspecified atom stereocenters. The Morgan fingerprint density at radius 2 is 2.08 bits per heavy atom. The van der Waals surface area contributed by atoms with Crippen molar-refractivity contribution in [3.8, 4) is 0 Å². The highest BCUT2D eigenvalue weighted by molar-refractivity contribution is 4.80. The summed E-state index contributed by atoms with van der Waals surface area (Å²) in [7, 11) is 0. The van der Waals surface area contributed by atoms with E-state index < -0.39 is 0 Å². The maximum absolute atomic E-state index is 5.59. The molecule has 2 heterocycles. The summed E-state index contributed by atoms with van der Waals surface area (Å²) in [6.45, 7) is 5.10. The van der Waals surface area contributed by atoms with Crippen molar-refractivity contribution in [2.24, 2.45) is 11.7 Å². The van der Waals surface area contributed by atoms with Gasteiger partial charge in [-0.05, 0) is 6.54 Å². The average molecular weight is 172 g/mol. The molecule has 2 aliphatic heterocycles. The van der Waals surface area contributed by atoms with Gasteiger partial charge in [-0.15, -0.1) is 0 Å². The predicted molar refractivity (Wildman–Crippen MR) is 44.7 cm³/mol. The Kier molecular flexibility index (Phi) is 2.60. The molecule has 2 N–H and O–H groups in total. The van der Waals surface area contributed by atoms with Crippen molar-refractivity contribution in [1.29, 1.82) is 0 Å². The van der Waals surface area contributed by atoms with E-state index in [1.165, 1.54) is 0 Å². The SMILES string of the molecule is NCC1COCN(C2COC2)C1. The standard InChI is InChI=1S/C8H16N2O2/c9-1-7-2-10(6-12-3-7)8-4-11-5-8/h7-8H,1-6,9H2. The summed E-state index contributed by atoms with van der Waals surface area (Å²) in [6, 6.07) is 0.583. The second kappa shape index (κ2) is 3.70. The minimum atomic E-state index is 0.513. The number of nitrogens with two attached hydrogens (primary N) is 1. The molecule has 0 aliphatic carbocycles. The summed E-state index contributed by atoms with van der Waals surface area (Å²) in [5.74, 6) is 0.513. The van der Waals surface area contributed by atoms with Gasteiger partial charge in [0.25, 0.3) is 0 Å². The van der Waals surface area contributed by atoms with Crippen LogP contribution in [-0.2, 0) is 9.47 Å². The van der Waals surface area contributed by atoms with E-state index in [-0.39, 0.29) is 0 Å². The first kappa shape index (κ1) is 8.44. The Morgan fingerprint density at radius 3 is 2.67 bits per heavy atom. The number of rotatable bonds is 2. The van der Waals surface area contributed by atoms with E-state index in [9.17, 15) is 0 Å². The Balaban J connectivity index is 1.81. The lowest BCUT2D eigenvalue weighted by molar-refractivity contribution is -0.134. The van der Waals surface area contributed by atoms with E-state index in [1.807, 2.05) is 0 Å². The van der Waals surface area contributed by atoms with E-state index in [4.69, 9.17) is 15.2 Å². The van der Waals surface area contributed by atoms with Crippen molar-refractivity contribution in [3.63, 3.8) is 0 Å². The van der Waals surface area contributed by atoms with Gasteiger partial charge in [0.15, 0.2) is 0 Å². The van der Waals surface area contributed by atoms with Gasteiger partial charge in [-0.25, -0.2) is 0 Å². The van der Waals surface area contributed by atoms with Crippen LogP contribution < -0.4 is 5.73 Å². The first-order chi connectivity index (χ1) is 5.90. The van der Waals surface area contributed by atoms with E-state index in [1.54, 1.807) is 0 Å². The third-order valence-corrected chi connectivity index (χ3v) is 2.57. The van der Waals surface area contributed by atoms with E-state index in [0.717, 1.165) is 39.6 Å². The van der Waals surface area contributed by atoms with E-state index in [0.29, 0.717) is 12.0 Å². The molecular formula is C8H16N2O2. The normalized spacial score (nSPS) is 33.2. The minimum Gasteiger partial charge on any atom is -0.378 e. The van der Waals surface area contributed by atoms with Gasteiger partial charge < -0.3 is 15.2 Å². The fourth-order valence-corrected chi connectivity index (χ4v) is 1.60. The van der Waals surface area contributed by atoms with Crippen LogP contribution in [0.5, 0.6) is 0 Å². The number of hydrogen-bond donors (Lipinski definition) is 1. The fraction of sp³-hybridized carbons (Fsp3) is 1.00. The Hall–Kier alpha value is -0.160. The first-order valence-electron chi connectivity index (χ1n) is 4.49. The van der Waals surface area contributed by atoms with Crippen molar-refractivity contribution in [1.82, 2.24) is 4.90 Å². The molecular weight excluding hydrogens is 156 g/mol. The summed E-state index contributed by atoms with van der Waals surface area (Å²) < 4.78 is 10.6. The summed E-state index contributed by atoms with van der Waals surface area (Å²) in [5.41, 5.74) is 5.59. The smallest absolute Gasteiger partial charge is 0.0994 e. The van der Waals surface area contributed by atoms with Gasteiger partial charge in [-0.2, -0.15) is 0 Å². The van der Waals surface area contributed by atoms with Crippen molar-refractivity contribution in [3.05, 3.63) is 0 Å². The maximum Gasteiger partial charge on any atom is 0.0994 e. The van der Waals surface area contributed by atoms with E-state index in [2.05, 4.69) is 4.90 Å². The topological polar surface area (TPSA) is 47.7 Å². The molecule has 2 saturated heterocycles. The van der Waals surface area contributed by atoms with Crippen LogP contribution in [0.3, 0.4) is 0 Å². The third-order valence-electron chi connectivity index (χ3n) is 2.57. The molecule has 0 aromatic heterocycles. The first-order valence-corrected chi connectivity index (χ1v) is 4.49. The van der Waals surface area contributed by atoms with Crippen LogP contribution in [-0.4, -0.2) is 50.6 Å². The van der Waals surface area contributed by atoms with Crippen molar-refractivity contribution >= 4 is 0 Å². The average Bonchev–Trinajstić information content (AvgIpc) is 2.02. The third kappa shape index (κ3) is 1.61. The molecule has 12 heavy (non-hydrogen) atoms. The zero-order valence-corrected chi connectivity index (χ0v) is 7.24. The molecule has 2 fully saturated rings. The molecule has 0 aromatic rings. The summed E-state index contributed by atoms with van der Waals surface area (Å²) in [5, 5.41) is 0. The van der Waals surface area contributed by atoms with Crippen LogP contribution >= 0.6 is 0 Å². The number of ether oxygens (including phenoxy) is 2. The second-order valence-corrected chi connectivity index (χ2v) is 3.56. The van der Waals surface area contributed by atoms with Gasteiger partial charge >= 0.3 is 0 Å². The Bertz CT molecular complexity index is 150. The van der Waals surface area contributed by atoms with Gasteiger partial charge in [0.05, 0.1) is 32.6 Å². The van der Waals surface area contributed by atoms with Gasteiger partial charge in [-0.1, -0.05) is 0 Å². The lowest BCUT2D eigenvalue weighted by atomic mass is 10.1. The number of nitrogens with zero attached hydrogens (tertiary/aromatic N) is 1. The molecule has 0 aromatic carbocycles. The van der Waals surface area contributed by atoms with Gasteiger partial charge in [-0.3, -0.25) is 4.90 Å². The Labute approximate surface area is 72.6 Å². The molecule has 0 radical (unpaired) electrons. The molecule has 0 amide bonds. The molecule has 0 bridgehead atoms. The fourth-order valence-electron chi connectivity index (χ4n) is 1.60. The van der Waals surface area contributed by atoms with Crippen molar-refractivity contribution < 1.29 is 9.47 Å². The highest BCUT2D eigenvalue weighted by Crippen LogP contribution is 2.16. The maximum atomic E-state index is 5.59. The molecule has 4 heteroatoms. The van der Waals surface area contributed by atoms with Crippen LogP contribution in [0, 0.1) is 5.92 Å². The molecule has 2 rings (SSSR count). The quantitative estimate of drug-likeness (QED) is 0.595. The van der Waals surface area contributed by atoms with Gasteiger partial charge in [0, 0.05) is 12.5 Å². The Morgan fingerprint density at radius 1 is 1.25 bits per heavy atom. The highest BCUT2D eigenvalue weighted by Gasteiger charge is 2.30. The molecule has 2 aliphatic rings. The molecule has 0 saturated carbocycles. The van der Waals surface area contributed by atoms with Crippen LogP contribution in [0.1, 0.15) is 0 Å². The van der Waals surface area contributed by atoms with Crippen molar-refractivity contribution in [2.75, 3.05) is 39.6 Å². The van der Waals surface area contributed by atoms with Crippen LogP contribution in [0.15, 0.2) is 0 Å². The molecule has 4 nitrogen and oxygen atoms in total. The minimum absolute atomic E-state index is 0.513. The predicted octanol–water partition coefficient (Wildman–Crippen LogP) is -0.750. The van der Waals surface area contributed by atoms with Gasteiger partial charge in [0.2, 0.25) is 0 Å². The lowest BCUT2D eigenvalue weighted by Crippen LogP contribution is -2.54. The van der Waals surface area contributed by atoms with E-state index >= 15 is 0 Å². The molecule has 0 spiro atoms. The van der Waals surface area contributed by atoms with Crippen LogP contribution in [0.25, 0.3) is 0 Å². The zero-order chi connectivity index (χ0) is 8.39. The summed E-state index contributed by atoms with van der Waals surface area (Å²) in [6.07, 6.45) is 0. The zero-order valence-electron chi connectivity index (χ0n) is 7.24. The van der Waals surface area contributed by atoms with Gasteiger partial charge in [0.1, 0.15) is 0 Å².